The molecule has 0 atom stereocenters. The molecule has 2 rings (SSSR count). The maximum atomic E-state index is 12.2. The first kappa shape index (κ1) is 13.0. The summed E-state index contributed by atoms with van der Waals surface area (Å²) in [6.45, 7) is 0. The number of aromatic nitrogens is 1. The lowest BCUT2D eigenvalue weighted by atomic mass is 10.3. The molecule has 1 heterocycles. The molecule has 0 radical (unpaired) electrons. The third-order valence-corrected chi connectivity index (χ3v) is 3.90. The number of nitroso groups, excluding NO2 is 1. The third-order valence-electron chi connectivity index (χ3n) is 2.33. The minimum atomic E-state index is -4.08. The summed E-state index contributed by atoms with van der Waals surface area (Å²) >= 11 is 0. The molecule has 1 aromatic heterocycles. The van der Waals surface area contributed by atoms with Crippen LogP contribution in [0.15, 0.2) is 58.8 Å². The van der Waals surface area contributed by atoms with E-state index >= 15 is 0 Å². The topological polar surface area (TPSA) is 106 Å². The molecule has 19 heavy (non-hydrogen) atoms. The molecule has 98 valence electrons. The van der Waals surface area contributed by atoms with Gasteiger partial charge in [0.25, 0.3) is 10.0 Å². The second-order valence-corrected chi connectivity index (χ2v) is 5.35. The number of nitrogen functional groups attached to an aromatic ring is 1. The Hall–Kier alpha value is -2.48. The molecule has 7 nitrogen and oxygen atoms in total. The standard InChI is InChI=1S/C11H10N4O3S/c12-9-4-6-10(7-5-9)19(17,18)15(14-16)11-3-1-2-8-13-11/h1-8H,12H2. The molecule has 0 amide bonds. The Balaban J connectivity index is 2.48. The molecule has 0 aliphatic carbocycles. The number of hydrogen-bond donors (Lipinski definition) is 1. The van der Waals surface area contributed by atoms with Gasteiger partial charge < -0.3 is 5.73 Å². The predicted molar refractivity (Wildman–Crippen MR) is 70.6 cm³/mol. The average molecular weight is 278 g/mol. The number of anilines is 2. The lowest BCUT2D eigenvalue weighted by Gasteiger charge is -2.14. The van der Waals surface area contributed by atoms with Gasteiger partial charge >= 0.3 is 0 Å². The van der Waals surface area contributed by atoms with Crippen molar-refractivity contribution >= 4 is 21.5 Å². The number of pyridine rings is 1. The van der Waals surface area contributed by atoms with E-state index in [0.717, 1.165) is 0 Å². The fourth-order valence-corrected chi connectivity index (χ4v) is 2.54. The summed E-state index contributed by atoms with van der Waals surface area (Å²) in [5.41, 5.74) is 5.90. The fourth-order valence-electron chi connectivity index (χ4n) is 1.42. The van der Waals surface area contributed by atoms with Crippen molar-refractivity contribution in [1.82, 2.24) is 4.98 Å². The van der Waals surface area contributed by atoms with Crippen LogP contribution in [0, 0.1) is 4.91 Å². The first-order valence-corrected chi connectivity index (χ1v) is 6.65. The SMILES string of the molecule is Nc1ccc(S(=O)(=O)N(N=O)c2ccccn2)cc1. The monoisotopic (exact) mass is 278 g/mol. The molecule has 0 spiro atoms. The second-order valence-electron chi connectivity index (χ2n) is 3.59. The molecule has 2 N–H and O–H groups in total. The third kappa shape index (κ3) is 2.52. The van der Waals surface area contributed by atoms with E-state index in [1.165, 1.54) is 36.5 Å². The van der Waals surface area contributed by atoms with E-state index in [-0.39, 0.29) is 10.7 Å². The first-order chi connectivity index (χ1) is 9.05. The average Bonchev–Trinajstić information content (AvgIpc) is 2.41. The molecule has 2 aromatic rings. The summed E-state index contributed by atoms with van der Waals surface area (Å²) < 4.78 is 24.8. The second kappa shape index (κ2) is 5.02. The number of rotatable bonds is 4. The van der Waals surface area contributed by atoms with Gasteiger partial charge in [-0.1, -0.05) is 10.5 Å². The highest BCUT2D eigenvalue weighted by Gasteiger charge is 2.27. The summed E-state index contributed by atoms with van der Waals surface area (Å²) in [4.78, 5) is 14.5. The summed E-state index contributed by atoms with van der Waals surface area (Å²) in [6.07, 6.45) is 1.37. The van der Waals surface area contributed by atoms with Gasteiger partial charge in [0.15, 0.2) is 5.82 Å². The number of nitrogens with zero attached hydrogens (tertiary/aromatic N) is 3. The zero-order valence-corrected chi connectivity index (χ0v) is 10.5. The van der Waals surface area contributed by atoms with Gasteiger partial charge in [0, 0.05) is 11.9 Å². The first-order valence-electron chi connectivity index (χ1n) is 5.21. The normalized spacial score (nSPS) is 10.9. The quantitative estimate of drug-likeness (QED) is 0.518. The molecule has 0 aliphatic heterocycles. The summed E-state index contributed by atoms with van der Waals surface area (Å²) in [5, 5.41) is 2.53. The van der Waals surface area contributed by atoms with Gasteiger partial charge in [0.05, 0.1) is 10.2 Å². The highest BCUT2D eigenvalue weighted by Crippen LogP contribution is 2.22. The lowest BCUT2D eigenvalue weighted by Crippen LogP contribution is -2.25. The van der Waals surface area contributed by atoms with Crippen molar-refractivity contribution < 1.29 is 8.42 Å². The molecule has 1 aromatic carbocycles. The van der Waals surface area contributed by atoms with Crippen LogP contribution in [0.2, 0.25) is 0 Å². The smallest absolute Gasteiger partial charge is 0.287 e. The fraction of sp³-hybridized carbons (Fsp3) is 0. The molecular weight excluding hydrogens is 268 g/mol. The van der Waals surface area contributed by atoms with Crippen LogP contribution in [0.25, 0.3) is 0 Å². The minimum absolute atomic E-state index is 0.0747. The van der Waals surface area contributed by atoms with Crippen LogP contribution in [0.4, 0.5) is 11.5 Å². The van der Waals surface area contributed by atoms with Gasteiger partial charge in [-0.3, -0.25) is 0 Å². The molecule has 0 saturated carbocycles. The van der Waals surface area contributed by atoms with Gasteiger partial charge in [0.2, 0.25) is 0 Å². The summed E-state index contributed by atoms with van der Waals surface area (Å²) in [7, 11) is -4.08. The maximum Gasteiger partial charge on any atom is 0.287 e. The highest BCUT2D eigenvalue weighted by molar-refractivity contribution is 7.92. The van der Waals surface area contributed by atoms with Crippen LogP contribution in [0.5, 0.6) is 0 Å². The number of benzene rings is 1. The van der Waals surface area contributed by atoms with Gasteiger partial charge in [-0.2, -0.15) is 8.42 Å². The Morgan fingerprint density at radius 2 is 1.79 bits per heavy atom. The molecule has 0 fully saturated rings. The zero-order valence-electron chi connectivity index (χ0n) is 9.67. The Bertz CT molecular complexity index is 671. The minimum Gasteiger partial charge on any atom is -0.399 e. The molecular formula is C11H10N4O3S. The van der Waals surface area contributed by atoms with E-state index in [1.54, 1.807) is 12.1 Å². The lowest BCUT2D eigenvalue weighted by molar-refractivity contribution is 0.591. The van der Waals surface area contributed by atoms with Crippen LogP contribution in [-0.4, -0.2) is 13.4 Å². The van der Waals surface area contributed by atoms with E-state index in [0.29, 0.717) is 10.1 Å². The Morgan fingerprint density at radius 1 is 1.11 bits per heavy atom. The van der Waals surface area contributed by atoms with Crippen molar-refractivity contribution in [2.45, 2.75) is 4.90 Å². The van der Waals surface area contributed by atoms with E-state index in [9.17, 15) is 13.3 Å². The molecule has 0 bridgehead atoms. The Labute approximate surface area is 109 Å². The van der Waals surface area contributed by atoms with Crippen LogP contribution in [-0.2, 0) is 10.0 Å². The number of sulfonamides is 1. The van der Waals surface area contributed by atoms with Gasteiger partial charge in [-0.25, -0.2) is 4.98 Å². The Morgan fingerprint density at radius 3 is 2.32 bits per heavy atom. The molecule has 0 unspecified atom stereocenters. The predicted octanol–water partition coefficient (Wildman–Crippen LogP) is 1.54. The maximum absolute atomic E-state index is 12.2. The van der Waals surface area contributed by atoms with Crippen molar-refractivity contribution in [2.24, 2.45) is 5.29 Å². The van der Waals surface area contributed by atoms with Crippen LogP contribution < -0.4 is 10.1 Å². The molecule has 0 aliphatic rings. The van der Waals surface area contributed by atoms with Crippen molar-refractivity contribution in [3.63, 3.8) is 0 Å². The van der Waals surface area contributed by atoms with Crippen molar-refractivity contribution in [3.8, 4) is 0 Å². The zero-order chi connectivity index (χ0) is 13.9. The van der Waals surface area contributed by atoms with Crippen molar-refractivity contribution in [3.05, 3.63) is 53.6 Å². The van der Waals surface area contributed by atoms with Gasteiger partial charge in [-0.15, -0.1) is 4.91 Å². The summed E-state index contributed by atoms with van der Waals surface area (Å²) in [5.74, 6) is -0.0747. The van der Waals surface area contributed by atoms with E-state index in [4.69, 9.17) is 5.73 Å². The Kier molecular flexibility index (Phi) is 3.43. The van der Waals surface area contributed by atoms with Crippen LogP contribution in [0.3, 0.4) is 0 Å². The van der Waals surface area contributed by atoms with Crippen LogP contribution >= 0.6 is 0 Å². The number of nitrogens with two attached hydrogens (primary N) is 1. The highest BCUT2D eigenvalue weighted by atomic mass is 32.2. The van der Waals surface area contributed by atoms with E-state index in [2.05, 4.69) is 10.3 Å². The largest absolute Gasteiger partial charge is 0.399 e. The van der Waals surface area contributed by atoms with Gasteiger partial charge in [0.1, 0.15) is 0 Å². The van der Waals surface area contributed by atoms with Gasteiger partial charge in [-0.05, 0) is 36.4 Å². The summed E-state index contributed by atoms with van der Waals surface area (Å²) in [6, 6.07) is 9.97. The number of hydrogen-bond acceptors (Lipinski definition) is 6. The van der Waals surface area contributed by atoms with Crippen molar-refractivity contribution in [2.75, 3.05) is 10.1 Å². The van der Waals surface area contributed by atoms with E-state index < -0.39 is 10.0 Å². The molecule has 0 saturated heterocycles. The van der Waals surface area contributed by atoms with Crippen LogP contribution in [0.1, 0.15) is 0 Å². The van der Waals surface area contributed by atoms with E-state index in [1.807, 2.05) is 0 Å². The van der Waals surface area contributed by atoms with Crippen molar-refractivity contribution in [1.29, 1.82) is 0 Å². The molecule has 8 heteroatoms.